The minimum absolute atomic E-state index is 0.146. The van der Waals surface area contributed by atoms with Gasteiger partial charge in [-0.15, -0.1) is 11.8 Å². The number of thioether (sulfide) groups is 1. The van der Waals surface area contributed by atoms with Gasteiger partial charge in [0.1, 0.15) is 0 Å². The van der Waals surface area contributed by atoms with E-state index in [0.29, 0.717) is 11.4 Å². The number of anilines is 1. The van der Waals surface area contributed by atoms with Crippen LogP contribution < -0.4 is 5.32 Å². The van der Waals surface area contributed by atoms with Gasteiger partial charge in [0.25, 0.3) is 0 Å². The van der Waals surface area contributed by atoms with Crippen LogP contribution >= 0.6 is 11.8 Å². The summed E-state index contributed by atoms with van der Waals surface area (Å²) in [5.74, 6) is 0.932. The van der Waals surface area contributed by atoms with E-state index in [-0.39, 0.29) is 10.8 Å². The monoisotopic (exact) mass is 349 g/mol. The Morgan fingerprint density at radius 1 is 1.13 bits per heavy atom. The smallest absolute Gasteiger partial charge is 0.234 e. The molecule has 1 amide bonds. The van der Waals surface area contributed by atoms with Crippen molar-refractivity contribution in [3.05, 3.63) is 59.7 Å². The normalized spacial score (nSPS) is 11.2. The first-order chi connectivity index (χ1) is 10.8. The summed E-state index contributed by atoms with van der Waals surface area (Å²) in [4.78, 5) is 12.1. The first-order valence-electron chi connectivity index (χ1n) is 7.08. The van der Waals surface area contributed by atoms with Crippen LogP contribution in [0.5, 0.6) is 0 Å². The average Bonchev–Trinajstić information content (AvgIpc) is 2.49. The van der Waals surface area contributed by atoms with Crippen molar-refractivity contribution in [3.8, 4) is 0 Å². The first kappa shape index (κ1) is 17.6. The molecular formula is C17H19NO3S2. The molecule has 0 aliphatic carbocycles. The lowest BCUT2D eigenvalue weighted by atomic mass is 10.2. The molecule has 23 heavy (non-hydrogen) atoms. The molecule has 4 nitrogen and oxygen atoms in total. The van der Waals surface area contributed by atoms with Gasteiger partial charge in [-0.25, -0.2) is 8.42 Å². The van der Waals surface area contributed by atoms with Gasteiger partial charge < -0.3 is 5.32 Å². The summed E-state index contributed by atoms with van der Waals surface area (Å²) < 4.78 is 23.0. The van der Waals surface area contributed by atoms with Crippen molar-refractivity contribution in [3.63, 3.8) is 0 Å². The fraction of sp³-hybridized carbons (Fsp3) is 0.235. The van der Waals surface area contributed by atoms with Crippen LogP contribution in [0.1, 0.15) is 11.1 Å². The molecule has 0 unspecified atom stereocenters. The van der Waals surface area contributed by atoms with Crippen LogP contribution in [0.15, 0.2) is 53.4 Å². The summed E-state index contributed by atoms with van der Waals surface area (Å²) in [5, 5.41) is 2.73. The fourth-order valence-corrected chi connectivity index (χ4v) is 3.40. The molecule has 2 aromatic carbocycles. The van der Waals surface area contributed by atoms with Gasteiger partial charge in [-0.2, -0.15) is 0 Å². The van der Waals surface area contributed by atoms with Crippen LogP contribution in [0.4, 0.5) is 5.69 Å². The molecule has 2 rings (SSSR count). The predicted molar refractivity (Wildman–Crippen MR) is 95.5 cm³/mol. The lowest BCUT2D eigenvalue weighted by molar-refractivity contribution is -0.113. The molecule has 0 heterocycles. The van der Waals surface area contributed by atoms with E-state index in [2.05, 4.69) is 17.4 Å². The molecule has 6 heteroatoms. The number of hydrogen-bond acceptors (Lipinski definition) is 4. The minimum Gasteiger partial charge on any atom is -0.325 e. The molecule has 0 fully saturated rings. The summed E-state index contributed by atoms with van der Waals surface area (Å²) in [6.07, 6.45) is 1.14. The van der Waals surface area contributed by atoms with E-state index >= 15 is 0 Å². The van der Waals surface area contributed by atoms with Crippen LogP contribution in [-0.4, -0.2) is 26.3 Å². The van der Waals surface area contributed by atoms with Gasteiger partial charge in [0.2, 0.25) is 5.91 Å². The number of benzene rings is 2. The number of aryl methyl sites for hydroxylation is 1. The molecular weight excluding hydrogens is 330 g/mol. The topological polar surface area (TPSA) is 63.2 Å². The van der Waals surface area contributed by atoms with Crippen LogP contribution in [0.25, 0.3) is 0 Å². The molecule has 0 spiro atoms. The van der Waals surface area contributed by atoms with Gasteiger partial charge in [0.15, 0.2) is 9.84 Å². The SMILES string of the molecule is Cc1ccc(CSCC(=O)Nc2cccc(S(C)(=O)=O)c2)cc1. The molecule has 0 saturated carbocycles. The first-order valence-corrected chi connectivity index (χ1v) is 10.1. The number of carbonyl (C=O) groups excluding carboxylic acids is 1. The molecule has 0 atom stereocenters. The third kappa shape index (κ3) is 5.73. The zero-order valence-electron chi connectivity index (χ0n) is 13.1. The molecule has 0 aliphatic rings. The second-order valence-electron chi connectivity index (χ2n) is 5.33. The Labute approximate surface area is 141 Å². The maximum atomic E-state index is 11.9. The molecule has 1 N–H and O–H groups in total. The summed E-state index contributed by atoms with van der Waals surface area (Å²) in [6, 6.07) is 14.5. The third-order valence-electron chi connectivity index (χ3n) is 3.17. The maximum Gasteiger partial charge on any atom is 0.234 e. The van der Waals surface area contributed by atoms with Crippen molar-refractivity contribution in [2.45, 2.75) is 17.6 Å². The largest absolute Gasteiger partial charge is 0.325 e. The fourth-order valence-electron chi connectivity index (χ4n) is 1.95. The van der Waals surface area contributed by atoms with E-state index < -0.39 is 9.84 Å². The van der Waals surface area contributed by atoms with E-state index in [1.807, 2.05) is 19.1 Å². The van der Waals surface area contributed by atoms with Crippen molar-refractivity contribution in [2.75, 3.05) is 17.3 Å². The third-order valence-corrected chi connectivity index (χ3v) is 5.28. The second kappa shape index (κ2) is 7.66. The highest BCUT2D eigenvalue weighted by Crippen LogP contribution is 2.17. The van der Waals surface area contributed by atoms with E-state index in [0.717, 1.165) is 12.0 Å². The summed E-state index contributed by atoms with van der Waals surface area (Å²) in [7, 11) is -3.27. The van der Waals surface area contributed by atoms with Crippen LogP contribution in [0.3, 0.4) is 0 Å². The Morgan fingerprint density at radius 3 is 2.48 bits per heavy atom. The molecule has 122 valence electrons. The van der Waals surface area contributed by atoms with Crippen molar-refractivity contribution in [1.29, 1.82) is 0 Å². The Kier molecular flexibility index (Phi) is 5.85. The number of sulfone groups is 1. The number of nitrogens with one attached hydrogen (secondary N) is 1. The lowest BCUT2D eigenvalue weighted by Crippen LogP contribution is -2.14. The Hall–Kier alpha value is -1.79. The Morgan fingerprint density at radius 2 is 1.83 bits per heavy atom. The van der Waals surface area contributed by atoms with Gasteiger partial charge in [-0.3, -0.25) is 4.79 Å². The molecule has 0 radical (unpaired) electrons. The van der Waals surface area contributed by atoms with E-state index in [1.54, 1.807) is 12.1 Å². The maximum absolute atomic E-state index is 11.9. The highest BCUT2D eigenvalue weighted by atomic mass is 32.2. The van der Waals surface area contributed by atoms with Crippen LogP contribution in [0.2, 0.25) is 0 Å². The number of carbonyl (C=O) groups is 1. The van der Waals surface area contributed by atoms with Crippen molar-refractivity contribution in [2.24, 2.45) is 0 Å². The zero-order chi connectivity index (χ0) is 16.9. The van der Waals surface area contributed by atoms with E-state index in [9.17, 15) is 13.2 Å². The Balaban J connectivity index is 1.86. The highest BCUT2D eigenvalue weighted by molar-refractivity contribution is 7.99. The summed E-state index contributed by atoms with van der Waals surface area (Å²) >= 11 is 1.52. The van der Waals surface area contributed by atoms with E-state index in [1.165, 1.54) is 35.0 Å². The molecule has 0 aliphatic heterocycles. The van der Waals surface area contributed by atoms with Gasteiger partial charge in [-0.1, -0.05) is 35.9 Å². The van der Waals surface area contributed by atoms with Gasteiger partial charge in [0.05, 0.1) is 10.6 Å². The van der Waals surface area contributed by atoms with Crippen molar-refractivity contribution >= 4 is 33.2 Å². The summed E-state index contributed by atoms with van der Waals surface area (Å²) in [5.41, 5.74) is 2.88. The summed E-state index contributed by atoms with van der Waals surface area (Å²) in [6.45, 7) is 2.04. The quantitative estimate of drug-likeness (QED) is 0.869. The standard InChI is InChI=1S/C17H19NO3S2/c1-13-6-8-14(9-7-13)11-22-12-17(19)18-15-4-3-5-16(10-15)23(2,20)21/h3-10H,11-12H2,1-2H3,(H,18,19). The predicted octanol–water partition coefficient (Wildman–Crippen LogP) is 3.27. The van der Waals surface area contributed by atoms with Gasteiger partial charge >= 0.3 is 0 Å². The van der Waals surface area contributed by atoms with Crippen molar-refractivity contribution < 1.29 is 13.2 Å². The second-order valence-corrected chi connectivity index (χ2v) is 8.33. The van der Waals surface area contributed by atoms with E-state index in [4.69, 9.17) is 0 Å². The van der Waals surface area contributed by atoms with Gasteiger partial charge in [0, 0.05) is 17.7 Å². The average molecular weight is 349 g/mol. The van der Waals surface area contributed by atoms with Crippen molar-refractivity contribution in [1.82, 2.24) is 0 Å². The highest BCUT2D eigenvalue weighted by Gasteiger charge is 2.09. The molecule has 0 saturated heterocycles. The Bertz CT molecular complexity index is 784. The number of hydrogen-bond donors (Lipinski definition) is 1. The molecule has 0 aromatic heterocycles. The lowest BCUT2D eigenvalue weighted by Gasteiger charge is -2.07. The zero-order valence-corrected chi connectivity index (χ0v) is 14.7. The molecule has 2 aromatic rings. The number of amides is 1. The molecule has 0 bridgehead atoms. The number of rotatable bonds is 6. The van der Waals surface area contributed by atoms with Gasteiger partial charge in [-0.05, 0) is 30.7 Å². The van der Waals surface area contributed by atoms with Crippen LogP contribution in [0, 0.1) is 6.92 Å². The minimum atomic E-state index is -3.27. The van der Waals surface area contributed by atoms with Crippen LogP contribution in [-0.2, 0) is 20.4 Å².